The van der Waals surface area contributed by atoms with Crippen LogP contribution in [-0.4, -0.2) is 55.2 Å². The first kappa shape index (κ1) is 22.4. The third-order valence-electron chi connectivity index (χ3n) is 5.75. The van der Waals surface area contributed by atoms with Crippen LogP contribution < -0.4 is 24.8 Å². The van der Waals surface area contributed by atoms with Gasteiger partial charge in [0.05, 0.1) is 20.3 Å². The van der Waals surface area contributed by atoms with E-state index in [1.165, 1.54) is 0 Å². The van der Waals surface area contributed by atoms with Gasteiger partial charge in [0.25, 0.3) is 5.91 Å². The van der Waals surface area contributed by atoms with E-state index in [2.05, 4.69) is 10.6 Å². The van der Waals surface area contributed by atoms with E-state index in [1.54, 1.807) is 32.2 Å². The number of methoxy groups -OCH3 is 1. The highest BCUT2D eigenvalue weighted by atomic mass is 16.5. The molecule has 9 heteroatoms. The van der Waals surface area contributed by atoms with Gasteiger partial charge in [0.2, 0.25) is 5.91 Å². The van der Waals surface area contributed by atoms with Crippen LogP contribution >= 0.6 is 0 Å². The van der Waals surface area contributed by atoms with Crippen molar-refractivity contribution in [3.05, 3.63) is 48.0 Å². The number of nitrogens with zero attached hydrogens (tertiary/aromatic N) is 1. The number of hydrogen-bond acceptors (Lipinski definition) is 6. The maximum absolute atomic E-state index is 13.0. The minimum Gasteiger partial charge on any atom is -0.497 e. The quantitative estimate of drug-likeness (QED) is 0.625. The molecule has 2 aromatic carbocycles. The average Bonchev–Trinajstić information content (AvgIpc) is 2.96. The van der Waals surface area contributed by atoms with Crippen molar-refractivity contribution in [1.29, 1.82) is 0 Å². The van der Waals surface area contributed by atoms with Crippen LogP contribution in [0.4, 0.5) is 10.5 Å². The summed E-state index contributed by atoms with van der Waals surface area (Å²) in [5.74, 6) is 1.02. The van der Waals surface area contributed by atoms with Gasteiger partial charge in [-0.25, -0.2) is 4.79 Å². The van der Waals surface area contributed by atoms with Crippen molar-refractivity contribution in [2.24, 2.45) is 0 Å². The maximum Gasteiger partial charge on any atom is 0.325 e. The Morgan fingerprint density at radius 3 is 2.58 bits per heavy atom. The van der Waals surface area contributed by atoms with E-state index in [4.69, 9.17) is 14.2 Å². The molecule has 174 valence electrons. The second kappa shape index (κ2) is 9.40. The van der Waals surface area contributed by atoms with Crippen LogP contribution in [0.3, 0.4) is 0 Å². The number of anilines is 1. The molecule has 1 atom stereocenters. The van der Waals surface area contributed by atoms with Crippen LogP contribution in [0, 0.1) is 0 Å². The van der Waals surface area contributed by atoms with E-state index in [0.29, 0.717) is 43.2 Å². The summed E-state index contributed by atoms with van der Waals surface area (Å²) in [6.07, 6.45) is 1.77. The topological polar surface area (TPSA) is 106 Å². The van der Waals surface area contributed by atoms with E-state index in [0.717, 1.165) is 22.6 Å². The SMILES string of the molecule is COc1ccc(CCC2(C)NC(=O)N(CC(=O)Nc3ccc4c(c3)OCCCO4)C2=O)cc1. The second-order valence-corrected chi connectivity index (χ2v) is 8.26. The normalized spacial score (nSPS) is 19.6. The molecule has 4 amide bonds. The van der Waals surface area contributed by atoms with E-state index >= 15 is 0 Å². The number of fused-ring (bicyclic) bond motifs is 1. The Kier molecular flexibility index (Phi) is 6.39. The summed E-state index contributed by atoms with van der Waals surface area (Å²) in [7, 11) is 1.60. The lowest BCUT2D eigenvalue weighted by Gasteiger charge is -2.21. The first-order valence-electron chi connectivity index (χ1n) is 10.8. The molecule has 4 rings (SSSR count). The average molecular weight is 453 g/mol. The van der Waals surface area contributed by atoms with Crippen LogP contribution in [0.1, 0.15) is 25.3 Å². The van der Waals surface area contributed by atoms with Crippen molar-refractivity contribution in [3.63, 3.8) is 0 Å². The first-order valence-corrected chi connectivity index (χ1v) is 10.8. The van der Waals surface area contributed by atoms with E-state index < -0.39 is 23.4 Å². The van der Waals surface area contributed by atoms with Crippen LogP contribution in [0.15, 0.2) is 42.5 Å². The van der Waals surface area contributed by atoms with Gasteiger partial charge in [0.1, 0.15) is 17.8 Å². The molecule has 0 spiro atoms. The van der Waals surface area contributed by atoms with Gasteiger partial charge in [0, 0.05) is 18.2 Å². The van der Waals surface area contributed by atoms with Crippen molar-refractivity contribution >= 4 is 23.5 Å². The summed E-state index contributed by atoms with van der Waals surface area (Å²) >= 11 is 0. The molecule has 2 aliphatic heterocycles. The van der Waals surface area contributed by atoms with Crippen LogP contribution in [0.5, 0.6) is 17.2 Å². The summed E-state index contributed by atoms with van der Waals surface area (Å²) in [5.41, 5.74) is 0.440. The fourth-order valence-electron chi connectivity index (χ4n) is 3.83. The van der Waals surface area contributed by atoms with E-state index in [1.807, 2.05) is 24.3 Å². The molecule has 33 heavy (non-hydrogen) atoms. The molecule has 1 saturated heterocycles. The van der Waals surface area contributed by atoms with Gasteiger partial charge < -0.3 is 24.8 Å². The Balaban J connectivity index is 1.36. The van der Waals surface area contributed by atoms with Crippen molar-refractivity contribution in [1.82, 2.24) is 10.2 Å². The molecule has 2 aromatic rings. The fourth-order valence-corrected chi connectivity index (χ4v) is 3.83. The number of amides is 4. The Bertz CT molecular complexity index is 1050. The van der Waals surface area contributed by atoms with Gasteiger partial charge in [-0.2, -0.15) is 0 Å². The highest BCUT2D eigenvalue weighted by Crippen LogP contribution is 2.32. The highest BCUT2D eigenvalue weighted by molar-refractivity contribution is 6.09. The molecule has 1 unspecified atom stereocenters. The zero-order valence-corrected chi connectivity index (χ0v) is 18.7. The molecule has 1 fully saturated rings. The van der Waals surface area contributed by atoms with Crippen molar-refractivity contribution in [3.8, 4) is 17.2 Å². The summed E-state index contributed by atoms with van der Waals surface area (Å²) in [6, 6.07) is 12.0. The van der Waals surface area contributed by atoms with Gasteiger partial charge >= 0.3 is 6.03 Å². The number of rotatable bonds is 7. The van der Waals surface area contributed by atoms with E-state index in [9.17, 15) is 14.4 Å². The molecular formula is C24H27N3O6. The number of carbonyl (C=O) groups excluding carboxylic acids is 3. The summed E-state index contributed by atoms with van der Waals surface area (Å²) in [5, 5.41) is 5.45. The molecule has 2 aliphatic rings. The second-order valence-electron chi connectivity index (χ2n) is 8.26. The van der Waals surface area contributed by atoms with Crippen LogP contribution in [0.25, 0.3) is 0 Å². The fraction of sp³-hybridized carbons (Fsp3) is 0.375. The molecule has 0 bridgehead atoms. The monoisotopic (exact) mass is 453 g/mol. The summed E-state index contributed by atoms with van der Waals surface area (Å²) in [4.78, 5) is 39.0. The highest BCUT2D eigenvalue weighted by Gasteiger charge is 2.47. The molecule has 9 nitrogen and oxygen atoms in total. The lowest BCUT2D eigenvalue weighted by Crippen LogP contribution is -2.45. The smallest absolute Gasteiger partial charge is 0.325 e. The summed E-state index contributed by atoms with van der Waals surface area (Å²) < 4.78 is 16.4. The number of ether oxygens (including phenoxy) is 3. The molecular weight excluding hydrogens is 426 g/mol. The zero-order valence-electron chi connectivity index (χ0n) is 18.7. The third-order valence-corrected chi connectivity index (χ3v) is 5.75. The number of urea groups is 1. The van der Waals surface area contributed by atoms with Crippen molar-refractivity contribution < 1.29 is 28.6 Å². The van der Waals surface area contributed by atoms with Gasteiger partial charge in [-0.1, -0.05) is 12.1 Å². The van der Waals surface area contributed by atoms with Gasteiger partial charge in [-0.05, 0) is 49.6 Å². The summed E-state index contributed by atoms with van der Waals surface area (Å²) in [6.45, 7) is 2.40. The lowest BCUT2D eigenvalue weighted by molar-refractivity contribution is -0.133. The minimum absolute atomic E-state index is 0.378. The Morgan fingerprint density at radius 2 is 1.85 bits per heavy atom. The standard InChI is InChI=1S/C24H27N3O6/c1-24(11-10-16-4-7-18(31-2)8-5-16)22(29)27(23(30)26-24)15-21(28)25-17-6-9-19-20(14-17)33-13-3-12-32-19/h4-9,14H,3,10-13,15H2,1-2H3,(H,25,28)(H,26,30). The van der Waals surface area contributed by atoms with Crippen molar-refractivity contribution in [2.75, 3.05) is 32.2 Å². The molecule has 0 aliphatic carbocycles. The predicted molar refractivity (Wildman–Crippen MR) is 121 cm³/mol. The Morgan fingerprint density at radius 1 is 1.12 bits per heavy atom. The number of hydrogen-bond donors (Lipinski definition) is 2. The first-order chi connectivity index (χ1) is 15.9. The van der Waals surface area contributed by atoms with Gasteiger partial charge in [-0.3, -0.25) is 14.5 Å². The minimum atomic E-state index is -1.08. The number of benzene rings is 2. The number of nitrogens with one attached hydrogen (secondary N) is 2. The number of aryl methyl sites for hydroxylation is 1. The maximum atomic E-state index is 13.0. The van der Waals surface area contributed by atoms with Crippen LogP contribution in [0.2, 0.25) is 0 Å². The Labute approximate surface area is 192 Å². The zero-order chi connectivity index (χ0) is 23.4. The molecule has 2 N–H and O–H groups in total. The van der Waals surface area contributed by atoms with Crippen molar-refractivity contribution in [2.45, 2.75) is 31.7 Å². The van der Waals surface area contributed by atoms with Gasteiger partial charge in [0.15, 0.2) is 11.5 Å². The largest absolute Gasteiger partial charge is 0.497 e. The Hall–Kier alpha value is -3.75. The van der Waals surface area contributed by atoms with Gasteiger partial charge in [-0.15, -0.1) is 0 Å². The van der Waals surface area contributed by atoms with Crippen LogP contribution in [-0.2, 0) is 16.0 Å². The lowest BCUT2D eigenvalue weighted by atomic mass is 9.93. The molecule has 2 heterocycles. The van der Waals surface area contributed by atoms with E-state index in [-0.39, 0.29) is 6.54 Å². The molecule has 0 saturated carbocycles. The molecule has 0 radical (unpaired) electrons. The molecule has 0 aromatic heterocycles. The number of carbonyl (C=O) groups is 3. The predicted octanol–water partition coefficient (Wildman–Crippen LogP) is 2.74. The number of imide groups is 1. The third kappa shape index (κ3) is 5.02.